The van der Waals surface area contributed by atoms with E-state index in [1.54, 1.807) is 7.11 Å². The molecule has 1 aliphatic rings. The summed E-state index contributed by atoms with van der Waals surface area (Å²) < 4.78 is 5.23. The largest absolute Gasteiger partial charge is 0.383 e. The Morgan fingerprint density at radius 3 is 2.44 bits per heavy atom. The number of hydrogen-bond acceptors (Lipinski definition) is 3. The first kappa shape index (κ1) is 15.9. The fraction of sp³-hybridized carbons (Fsp3) is 1.00. The van der Waals surface area contributed by atoms with Crippen LogP contribution in [0.3, 0.4) is 0 Å². The Morgan fingerprint density at radius 2 is 1.89 bits per heavy atom. The predicted octanol–water partition coefficient (Wildman–Crippen LogP) is 2.36. The molecule has 2 N–H and O–H groups in total. The van der Waals surface area contributed by atoms with Gasteiger partial charge in [-0.3, -0.25) is 0 Å². The summed E-state index contributed by atoms with van der Waals surface area (Å²) in [5.74, 6) is 2.28. The molecule has 2 unspecified atom stereocenters. The Kier molecular flexibility index (Phi) is 7.87. The lowest BCUT2D eigenvalue weighted by molar-refractivity contribution is 0.104. The third-order valence-corrected chi connectivity index (χ3v) is 4.10. The molecule has 0 spiro atoms. The summed E-state index contributed by atoms with van der Waals surface area (Å²) in [5, 5.41) is 0. The van der Waals surface area contributed by atoms with Crippen LogP contribution in [0.2, 0.25) is 0 Å². The highest BCUT2D eigenvalue weighted by Crippen LogP contribution is 2.30. The van der Waals surface area contributed by atoms with E-state index in [1.165, 1.54) is 38.8 Å². The van der Waals surface area contributed by atoms with Crippen molar-refractivity contribution in [1.82, 2.24) is 4.90 Å². The molecular weight excluding hydrogens is 224 g/mol. The highest BCUT2D eigenvalue weighted by atomic mass is 16.5. The SMILES string of the molecule is COCCN(CC(C)C)CC1CCCCC1CN. The second-order valence-electron chi connectivity index (χ2n) is 6.19. The first-order valence-corrected chi connectivity index (χ1v) is 7.58. The summed E-state index contributed by atoms with van der Waals surface area (Å²) in [5.41, 5.74) is 5.93. The van der Waals surface area contributed by atoms with Crippen LogP contribution in [-0.4, -0.2) is 44.8 Å². The quantitative estimate of drug-likeness (QED) is 0.724. The lowest BCUT2D eigenvalue weighted by atomic mass is 9.79. The molecule has 0 aromatic heterocycles. The molecule has 1 rings (SSSR count). The van der Waals surface area contributed by atoms with E-state index in [4.69, 9.17) is 10.5 Å². The molecule has 3 heteroatoms. The zero-order chi connectivity index (χ0) is 13.4. The van der Waals surface area contributed by atoms with Crippen molar-refractivity contribution in [3.8, 4) is 0 Å². The summed E-state index contributed by atoms with van der Waals surface area (Å²) in [7, 11) is 1.79. The van der Waals surface area contributed by atoms with Gasteiger partial charge in [0.05, 0.1) is 6.61 Å². The molecule has 0 bridgehead atoms. The molecule has 0 aliphatic heterocycles. The van der Waals surface area contributed by atoms with Crippen LogP contribution in [0.1, 0.15) is 39.5 Å². The van der Waals surface area contributed by atoms with Crippen molar-refractivity contribution in [3.05, 3.63) is 0 Å². The molecule has 1 fully saturated rings. The monoisotopic (exact) mass is 256 g/mol. The van der Waals surface area contributed by atoms with Crippen LogP contribution in [0.4, 0.5) is 0 Å². The lowest BCUT2D eigenvalue weighted by Crippen LogP contribution is -2.40. The molecule has 0 amide bonds. The van der Waals surface area contributed by atoms with Gasteiger partial charge in [-0.05, 0) is 37.1 Å². The van der Waals surface area contributed by atoms with E-state index in [1.807, 2.05) is 0 Å². The van der Waals surface area contributed by atoms with Gasteiger partial charge in [-0.1, -0.05) is 26.7 Å². The number of methoxy groups -OCH3 is 1. The van der Waals surface area contributed by atoms with E-state index >= 15 is 0 Å². The molecule has 3 nitrogen and oxygen atoms in total. The summed E-state index contributed by atoms with van der Waals surface area (Å²) in [4.78, 5) is 2.58. The Labute approximate surface area is 113 Å². The standard InChI is InChI=1S/C15H32N2O/c1-13(2)11-17(8-9-18-3)12-15-7-5-4-6-14(15)10-16/h13-15H,4-12,16H2,1-3H3. The molecule has 108 valence electrons. The molecule has 18 heavy (non-hydrogen) atoms. The second kappa shape index (κ2) is 8.89. The van der Waals surface area contributed by atoms with Crippen molar-refractivity contribution in [2.45, 2.75) is 39.5 Å². The van der Waals surface area contributed by atoms with Crippen molar-refractivity contribution >= 4 is 0 Å². The van der Waals surface area contributed by atoms with Crippen molar-refractivity contribution in [1.29, 1.82) is 0 Å². The Balaban J connectivity index is 2.45. The number of nitrogens with two attached hydrogens (primary N) is 1. The van der Waals surface area contributed by atoms with Gasteiger partial charge in [0.2, 0.25) is 0 Å². The molecule has 0 radical (unpaired) electrons. The van der Waals surface area contributed by atoms with Crippen LogP contribution in [0.5, 0.6) is 0 Å². The molecule has 0 aromatic rings. The summed E-state index contributed by atoms with van der Waals surface area (Å²) in [6.45, 7) is 9.74. The highest BCUT2D eigenvalue weighted by Gasteiger charge is 2.25. The van der Waals surface area contributed by atoms with Gasteiger partial charge in [-0.2, -0.15) is 0 Å². The molecular formula is C15H32N2O. The van der Waals surface area contributed by atoms with Gasteiger partial charge in [0.25, 0.3) is 0 Å². The van der Waals surface area contributed by atoms with Gasteiger partial charge in [0.15, 0.2) is 0 Å². The maximum atomic E-state index is 5.93. The average molecular weight is 256 g/mol. The fourth-order valence-electron chi connectivity index (χ4n) is 3.16. The van der Waals surface area contributed by atoms with Crippen LogP contribution < -0.4 is 5.73 Å². The van der Waals surface area contributed by atoms with E-state index in [9.17, 15) is 0 Å². The van der Waals surface area contributed by atoms with Crippen LogP contribution in [-0.2, 0) is 4.74 Å². The molecule has 0 saturated heterocycles. The zero-order valence-corrected chi connectivity index (χ0v) is 12.5. The van der Waals surface area contributed by atoms with E-state index < -0.39 is 0 Å². The van der Waals surface area contributed by atoms with Gasteiger partial charge in [0.1, 0.15) is 0 Å². The third-order valence-electron chi connectivity index (χ3n) is 4.10. The number of nitrogens with zero attached hydrogens (tertiary/aromatic N) is 1. The Morgan fingerprint density at radius 1 is 1.22 bits per heavy atom. The maximum absolute atomic E-state index is 5.93. The third kappa shape index (κ3) is 5.68. The summed E-state index contributed by atoms with van der Waals surface area (Å²) in [6.07, 6.45) is 5.46. The minimum Gasteiger partial charge on any atom is -0.383 e. The maximum Gasteiger partial charge on any atom is 0.0589 e. The number of ether oxygens (including phenoxy) is 1. The number of rotatable bonds is 8. The minimum absolute atomic E-state index is 0.724. The normalized spacial score (nSPS) is 25.0. The molecule has 0 aromatic carbocycles. The van der Waals surface area contributed by atoms with Gasteiger partial charge in [-0.25, -0.2) is 0 Å². The highest BCUT2D eigenvalue weighted by molar-refractivity contribution is 4.79. The minimum atomic E-state index is 0.724. The van der Waals surface area contributed by atoms with E-state index in [-0.39, 0.29) is 0 Å². The van der Waals surface area contributed by atoms with Crippen LogP contribution in [0.25, 0.3) is 0 Å². The van der Waals surface area contributed by atoms with Crippen LogP contribution in [0, 0.1) is 17.8 Å². The molecule has 1 aliphatic carbocycles. The molecule has 0 heterocycles. The molecule has 2 atom stereocenters. The summed E-state index contributed by atoms with van der Waals surface area (Å²) in [6, 6.07) is 0. The zero-order valence-electron chi connectivity index (χ0n) is 12.5. The Bertz CT molecular complexity index is 209. The van der Waals surface area contributed by atoms with E-state index in [0.717, 1.165) is 37.5 Å². The average Bonchev–Trinajstić information content (AvgIpc) is 2.36. The van der Waals surface area contributed by atoms with E-state index in [2.05, 4.69) is 18.7 Å². The first-order chi connectivity index (χ1) is 8.67. The van der Waals surface area contributed by atoms with Gasteiger partial charge >= 0.3 is 0 Å². The van der Waals surface area contributed by atoms with Gasteiger partial charge in [0, 0.05) is 26.7 Å². The van der Waals surface area contributed by atoms with Crippen LogP contribution in [0.15, 0.2) is 0 Å². The smallest absolute Gasteiger partial charge is 0.0589 e. The van der Waals surface area contributed by atoms with Gasteiger partial charge < -0.3 is 15.4 Å². The second-order valence-corrected chi connectivity index (χ2v) is 6.19. The fourth-order valence-corrected chi connectivity index (χ4v) is 3.16. The number of hydrogen-bond donors (Lipinski definition) is 1. The van der Waals surface area contributed by atoms with Crippen molar-refractivity contribution in [2.24, 2.45) is 23.5 Å². The molecule has 1 saturated carbocycles. The lowest BCUT2D eigenvalue weighted by Gasteiger charge is -2.35. The van der Waals surface area contributed by atoms with Crippen LogP contribution >= 0.6 is 0 Å². The topological polar surface area (TPSA) is 38.5 Å². The van der Waals surface area contributed by atoms with Crippen molar-refractivity contribution < 1.29 is 4.74 Å². The first-order valence-electron chi connectivity index (χ1n) is 7.58. The van der Waals surface area contributed by atoms with Gasteiger partial charge in [-0.15, -0.1) is 0 Å². The Hall–Kier alpha value is -0.120. The summed E-state index contributed by atoms with van der Waals surface area (Å²) >= 11 is 0. The van der Waals surface area contributed by atoms with E-state index in [0.29, 0.717) is 0 Å². The van der Waals surface area contributed by atoms with Crippen molar-refractivity contribution in [2.75, 3.05) is 39.9 Å². The van der Waals surface area contributed by atoms with Crippen molar-refractivity contribution in [3.63, 3.8) is 0 Å². The predicted molar refractivity (Wildman–Crippen MR) is 77.7 cm³/mol.